The van der Waals surface area contributed by atoms with Gasteiger partial charge in [0, 0.05) is 6.20 Å². The first-order valence-electron chi connectivity index (χ1n) is 5.89. The lowest BCUT2D eigenvalue weighted by molar-refractivity contribution is 0.176. The van der Waals surface area contributed by atoms with Crippen LogP contribution in [-0.2, 0) is 0 Å². The molecule has 0 aliphatic heterocycles. The van der Waals surface area contributed by atoms with Crippen LogP contribution in [0, 0.1) is 0 Å². The molecule has 0 saturated carbocycles. The SMILES string of the molecule is CCCOc1cncc(C(C)CC(C)O)c1. The van der Waals surface area contributed by atoms with Gasteiger partial charge in [-0.25, -0.2) is 0 Å². The Morgan fingerprint density at radius 3 is 2.75 bits per heavy atom. The van der Waals surface area contributed by atoms with Gasteiger partial charge in [0.1, 0.15) is 5.75 Å². The van der Waals surface area contributed by atoms with Gasteiger partial charge in [-0.15, -0.1) is 0 Å². The second-order valence-corrected chi connectivity index (χ2v) is 4.29. The Balaban J connectivity index is 2.65. The molecule has 0 spiro atoms. The van der Waals surface area contributed by atoms with E-state index in [2.05, 4.69) is 18.8 Å². The number of hydrogen-bond acceptors (Lipinski definition) is 3. The molecule has 1 N–H and O–H groups in total. The second-order valence-electron chi connectivity index (χ2n) is 4.29. The lowest BCUT2D eigenvalue weighted by Crippen LogP contribution is -2.06. The van der Waals surface area contributed by atoms with Crippen LogP contribution in [0.5, 0.6) is 5.75 Å². The number of rotatable bonds is 6. The van der Waals surface area contributed by atoms with E-state index in [0.717, 1.165) is 30.8 Å². The fourth-order valence-corrected chi connectivity index (χ4v) is 1.65. The quantitative estimate of drug-likeness (QED) is 0.806. The molecule has 16 heavy (non-hydrogen) atoms. The third kappa shape index (κ3) is 4.19. The maximum atomic E-state index is 9.34. The van der Waals surface area contributed by atoms with Crippen LogP contribution in [0.25, 0.3) is 0 Å². The van der Waals surface area contributed by atoms with Crippen molar-refractivity contribution in [2.24, 2.45) is 0 Å². The van der Waals surface area contributed by atoms with Gasteiger partial charge in [-0.3, -0.25) is 4.98 Å². The van der Waals surface area contributed by atoms with E-state index < -0.39 is 0 Å². The fourth-order valence-electron chi connectivity index (χ4n) is 1.65. The number of aliphatic hydroxyl groups excluding tert-OH is 1. The fraction of sp³-hybridized carbons (Fsp3) is 0.615. The molecule has 0 saturated heterocycles. The van der Waals surface area contributed by atoms with E-state index in [1.807, 2.05) is 12.3 Å². The second kappa shape index (κ2) is 6.48. The standard InChI is InChI=1S/C13H21NO2/c1-4-5-16-13-7-12(8-14-9-13)10(2)6-11(3)15/h7-11,15H,4-6H2,1-3H3. The highest BCUT2D eigenvalue weighted by Crippen LogP contribution is 2.23. The van der Waals surface area contributed by atoms with Crippen molar-refractivity contribution in [3.05, 3.63) is 24.0 Å². The molecule has 0 aliphatic carbocycles. The first kappa shape index (κ1) is 13.0. The van der Waals surface area contributed by atoms with Gasteiger partial charge in [-0.2, -0.15) is 0 Å². The highest BCUT2D eigenvalue weighted by Gasteiger charge is 2.10. The van der Waals surface area contributed by atoms with E-state index in [1.54, 1.807) is 13.1 Å². The van der Waals surface area contributed by atoms with Crippen molar-refractivity contribution >= 4 is 0 Å². The van der Waals surface area contributed by atoms with Crippen molar-refractivity contribution < 1.29 is 9.84 Å². The van der Waals surface area contributed by atoms with E-state index in [4.69, 9.17) is 4.74 Å². The zero-order valence-electron chi connectivity index (χ0n) is 10.3. The first-order chi connectivity index (χ1) is 7.63. The van der Waals surface area contributed by atoms with Crippen molar-refractivity contribution in [1.82, 2.24) is 4.98 Å². The minimum absolute atomic E-state index is 0.282. The number of ether oxygens (including phenoxy) is 1. The molecule has 1 aromatic rings. The molecule has 0 amide bonds. The van der Waals surface area contributed by atoms with Crippen LogP contribution in [0.1, 0.15) is 45.1 Å². The average molecular weight is 223 g/mol. The highest BCUT2D eigenvalue weighted by atomic mass is 16.5. The van der Waals surface area contributed by atoms with Crippen LogP contribution in [0.2, 0.25) is 0 Å². The third-order valence-corrected chi connectivity index (χ3v) is 2.47. The van der Waals surface area contributed by atoms with Crippen molar-refractivity contribution in [3.63, 3.8) is 0 Å². The van der Waals surface area contributed by atoms with Gasteiger partial charge in [0.2, 0.25) is 0 Å². The maximum Gasteiger partial charge on any atom is 0.137 e. The molecule has 1 heterocycles. The predicted molar refractivity (Wildman–Crippen MR) is 64.7 cm³/mol. The lowest BCUT2D eigenvalue weighted by atomic mass is 9.97. The Morgan fingerprint density at radius 2 is 2.12 bits per heavy atom. The number of aromatic nitrogens is 1. The first-order valence-corrected chi connectivity index (χ1v) is 5.89. The zero-order chi connectivity index (χ0) is 12.0. The number of pyridine rings is 1. The van der Waals surface area contributed by atoms with Crippen molar-refractivity contribution in [2.75, 3.05) is 6.61 Å². The van der Waals surface area contributed by atoms with Crippen LogP contribution in [0.3, 0.4) is 0 Å². The molecule has 0 aromatic carbocycles. The van der Waals surface area contributed by atoms with Crippen molar-refractivity contribution in [1.29, 1.82) is 0 Å². The number of aliphatic hydroxyl groups is 1. The maximum absolute atomic E-state index is 9.34. The molecule has 3 heteroatoms. The van der Waals surface area contributed by atoms with Crippen LogP contribution < -0.4 is 4.74 Å². The van der Waals surface area contributed by atoms with E-state index in [9.17, 15) is 5.11 Å². The zero-order valence-corrected chi connectivity index (χ0v) is 10.3. The summed E-state index contributed by atoms with van der Waals surface area (Å²) < 4.78 is 5.53. The topological polar surface area (TPSA) is 42.4 Å². The van der Waals surface area contributed by atoms with Gasteiger partial charge >= 0.3 is 0 Å². The Kier molecular flexibility index (Phi) is 5.26. The molecule has 2 unspecified atom stereocenters. The summed E-state index contributed by atoms with van der Waals surface area (Å²) in [6.45, 7) is 6.69. The molecule has 3 nitrogen and oxygen atoms in total. The van der Waals surface area contributed by atoms with Crippen molar-refractivity contribution in [2.45, 2.75) is 45.6 Å². The molecule has 0 radical (unpaired) electrons. The normalized spacial score (nSPS) is 14.5. The van der Waals surface area contributed by atoms with Crippen LogP contribution >= 0.6 is 0 Å². The summed E-state index contributed by atoms with van der Waals surface area (Å²) in [6, 6.07) is 2.01. The summed E-state index contributed by atoms with van der Waals surface area (Å²) in [5.41, 5.74) is 1.12. The molecule has 1 aromatic heterocycles. The highest BCUT2D eigenvalue weighted by molar-refractivity contribution is 5.26. The summed E-state index contributed by atoms with van der Waals surface area (Å²) >= 11 is 0. The Morgan fingerprint density at radius 1 is 1.38 bits per heavy atom. The summed E-state index contributed by atoms with van der Waals surface area (Å²) in [4.78, 5) is 4.16. The smallest absolute Gasteiger partial charge is 0.137 e. The average Bonchev–Trinajstić information content (AvgIpc) is 2.26. The van der Waals surface area contributed by atoms with Gasteiger partial charge < -0.3 is 9.84 Å². The monoisotopic (exact) mass is 223 g/mol. The summed E-state index contributed by atoms with van der Waals surface area (Å²) in [5, 5.41) is 9.34. The Bertz CT molecular complexity index is 313. The van der Waals surface area contributed by atoms with Crippen LogP contribution in [-0.4, -0.2) is 22.8 Å². The molecule has 0 aliphatic rings. The molecule has 0 bridgehead atoms. The van der Waals surface area contributed by atoms with E-state index >= 15 is 0 Å². The number of hydrogen-bond donors (Lipinski definition) is 1. The minimum Gasteiger partial charge on any atom is -0.492 e. The largest absolute Gasteiger partial charge is 0.492 e. The molecular weight excluding hydrogens is 202 g/mol. The van der Waals surface area contributed by atoms with Gasteiger partial charge in [0.05, 0.1) is 18.9 Å². The minimum atomic E-state index is -0.282. The van der Waals surface area contributed by atoms with Crippen LogP contribution in [0.15, 0.2) is 18.5 Å². The van der Waals surface area contributed by atoms with E-state index in [1.165, 1.54) is 0 Å². The summed E-state index contributed by atoms with van der Waals surface area (Å²) in [6.07, 6.45) is 5.03. The van der Waals surface area contributed by atoms with Gasteiger partial charge in [0.25, 0.3) is 0 Å². The Labute approximate surface area is 97.5 Å². The Hall–Kier alpha value is -1.09. The van der Waals surface area contributed by atoms with E-state index in [-0.39, 0.29) is 6.10 Å². The molecule has 90 valence electrons. The summed E-state index contributed by atoms with van der Waals surface area (Å²) in [5.74, 6) is 1.12. The van der Waals surface area contributed by atoms with Crippen molar-refractivity contribution in [3.8, 4) is 5.75 Å². The van der Waals surface area contributed by atoms with Gasteiger partial charge in [0.15, 0.2) is 0 Å². The lowest BCUT2D eigenvalue weighted by Gasteiger charge is -2.14. The molecular formula is C13H21NO2. The van der Waals surface area contributed by atoms with E-state index in [0.29, 0.717) is 5.92 Å². The third-order valence-electron chi connectivity index (χ3n) is 2.47. The van der Waals surface area contributed by atoms with Gasteiger partial charge in [-0.1, -0.05) is 13.8 Å². The predicted octanol–water partition coefficient (Wildman–Crippen LogP) is 2.74. The van der Waals surface area contributed by atoms with Gasteiger partial charge in [-0.05, 0) is 37.3 Å². The molecule has 0 fully saturated rings. The summed E-state index contributed by atoms with van der Waals surface area (Å²) in [7, 11) is 0. The van der Waals surface area contributed by atoms with Crippen LogP contribution in [0.4, 0.5) is 0 Å². The number of nitrogens with zero attached hydrogens (tertiary/aromatic N) is 1. The molecule has 1 rings (SSSR count). The molecule has 2 atom stereocenters.